The van der Waals surface area contributed by atoms with Crippen LogP contribution in [0.5, 0.6) is 0 Å². The van der Waals surface area contributed by atoms with E-state index in [1.165, 1.54) is 6.07 Å². The largest absolute Gasteiger partial charge is 0.418 e. The molecule has 3 rings (SSSR count). The molecule has 0 aliphatic heterocycles. The SMILES string of the molecule is Cc1nc(SC(C)C(=O)Nc2ccc(Cl)cc2C(F)(F)F)c2ccccc2n1. The summed E-state index contributed by atoms with van der Waals surface area (Å²) >= 11 is 6.83. The van der Waals surface area contributed by atoms with Gasteiger partial charge in [0.1, 0.15) is 10.9 Å². The van der Waals surface area contributed by atoms with Gasteiger partial charge < -0.3 is 5.32 Å². The van der Waals surface area contributed by atoms with Crippen molar-refractivity contribution in [3.63, 3.8) is 0 Å². The molecule has 1 aromatic heterocycles. The number of anilines is 1. The van der Waals surface area contributed by atoms with E-state index in [-0.39, 0.29) is 10.7 Å². The molecule has 1 N–H and O–H groups in total. The smallest absolute Gasteiger partial charge is 0.325 e. The third kappa shape index (κ3) is 4.56. The Hall–Kier alpha value is -2.32. The molecular formula is C19H15ClF3N3OS. The Labute approximate surface area is 168 Å². The van der Waals surface area contributed by atoms with Crippen LogP contribution in [0, 0.1) is 6.92 Å². The second kappa shape index (κ2) is 7.97. The molecule has 0 spiro atoms. The number of para-hydroxylation sites is 1. The van der Waals surface area contributed by atoms with Gasteiger partial charge in [-0.15, -0.1) is 0 Å². The summed E-state index contributed by atoms with van der Waals surface area (Å²) in [4.78, 5) is 21.2. The van der Waals surface area contributed by atoms with Crippen molar-refractivity contribution in [2.24, 2.45) is 0 Å². The normalized spacial score (nSPS) is 12.8. The highest BCUT2D eigenvalue weighted by atomic mass is 35.5. The number of hydrogen-bond donors (Lipinski definition) is 1. The van der Waals surface area contributed by atoms with Gasteiger partial charge >= 0.3 is 6.18 Å². The van der Waals surface area contributed by atoms with Crippen molar-refractivity contribution >= 4 is 45.9 Å². The highest BCUT2D eigenvalue weighted by Crippen LogP contribution is 2.37. The van der Waals surface area contributed by atoms with Crippen molar-refractivity contribution in [3.05, 3.63) is 58.9 Å². The summed E-state index contributed by atoms with van der Waals surface area (Å²) in [7, 11) is 0. The molecule has 2 aromatic carbocycles. The van der Waals surface area contributed by atoms with Crippen molar-refractivity contribution in [1.82, 2.24) is 9.97 Å². The van der Waals surface area contributed by atoms with Crippen molar-refractivity contribution in [2.75, 3.05) is 5.32 Å². The number of thioether (sulfide) groups is 1. The van der Waals surface area contributed by atoms with Crippen LogP contribution < -0.4 is 5.32 Å². The molecule has 1 amide bonds. The Bertz CT molecular complexity index is 1040. The van der Waals surface area contributed by atoms with Gasteiger partial charge in [-0.3, -0.25) is 4.79 Å². The van der Waals surface area contributed by atoms with Crippen molar-refractivity contribution in [2.45, 2.75) is 30.3 Å². The fraction of sp³-hybridized carbons (Fsp3) is 0.211. The molecule has 1 unspecified atom stereocenters. The Balaban J connectivity index is 1.84. The standard InChI is InChI=1S/C19H15ClF3N3OS/c1-10(28-18-13-5-3-4-6-15(13)24-11(2)25-18)17(27)26-16-8-7-12(20)9-14(16)19(21,22)23/h3-10H,1-2H3,(H,26,27). The fourth-order valence-corrected chi connectivity index (χ4v) is 3.72. The molecule has 0 aliphatic carbocycles. The zero-order valence-electron chi connectivity index (χ0n) is 14.8. The second-order valence-corrected chi connectivity index (χ2v) is 7.80. The van der Waals surface area contributed by atoms with Crippen LogP contribution >= 0.6 is 23.4 Å². The topological polar surface area (TPSA) is 54.9 Å². The molecule has 0 saturated heterocycles. The van der Waals surface area contributed by atoms with Gasteiger partial charge in [-0.25, -0.2) is 9.97 Å². The third-order valence-corrected chi connectivity index (χ3v) is 5.22. The zero-order chi connectivity index (χ0) is 20.5. The first-order valence-electron chi connectivity index (χ1n) is 8.23. The number of carbonyl (C=O) groups is 1. The number of hydrogen-bond acceptors (Lipinski definition) is 4. The summed E-state index contributed by atoms with van der Waals surface area (Å²) in [5, 5.41) is 2.97. The van der Waals surface area contributed by atoms with E-state index in [0.717, 1.165) is 34.8 Å². The number of carbonyl (C=O) groups excluding carboxylic acids is 1. The minimum Gasteiger partial charge on any atom is -0.325 e. The lowest BCUT2D eigenvalue weighted by Crippen LogP contribution is -2.24. The summed E-state index contributed by atoms with van der Waals surface area (Å²) in [5.41, 5.74) is -0.589. The Morgan fingerprint density at radius 3 is 2.61 bits per heavy atom. The number of amides is 1. The van der Waals surface area contributed by atoms with E-state index in [0.29, 0.717) is 10.9 Å². The van der Waals surface area contributed by atoms with Crippen LogP contribution in [0.1, 0.15) is 18.3 Å². The quantitative estimate of drug-likeness (QED) is 0.428. The van der Waals surface area contributed by atoms with Gasteiger partial charge in [0.15, 0.2) is 0 Å². The zero-order valence-corrected chi connectivity index (χ0v) is 16.4. The predicted molar refractivity (Wildman–Crippen MR) is 105 cm³/mol. The average Bonchev–Trinajstić information content (AvgIpc) is 2.62. The molecule has 146 valence electrons. The summed E-state index contributed by atoms with van der Waals surface area (Å²) < 4.78 is 39.6. The third-order valence-electron chi connectivity index (χ3n) is 3.88. The molecule has 0 bridgehead atoms. The van der Waals surface area contributed by atoms with Gasteiger partial charge in [0.2, 0.25) is 5.91 Å². The summed E-state index contributed by atoms with van der Waals surface area (Å²) in [6, 6.07) is 10.6. The predicted octanol–water partition coefficient (Wildman–Crippen LogP) is 5.73. The number of rotatable bonds is 4. The number of aryl methyl sites for hydroxylation is 1. The maximum Gasteiger partial charge on any atom is 0.418 e. The number of aromatic nitrogens is 2. The van der Waals surface area contributed by atoms with Crippen LogP contribution in [0.25, 0.3) is 10.9 Å². The molecule has 0 radical (unpaired) electrons. The molecule has 28 heavy (non-hydrogen) atoms. The molecule has 0 aliphatic rings. The Kier molecular flexibility index (Phi) is 5.81. The molecule has 4 nitrogen and oxygen atoms in total. The van der Waals surface area contributed by atoms with Crippen molar-refractivity contribution in [1.29, 1.82) is 0 Å². The molecule has 9 heteroatoms. The van der Waals surface area contributed by atoms with Crippen molar-refractivity contribution < 1.29 is 18.0 Å². The first kappa shape index (κ1) is 20.4. The number of fused-ring (bicyclic) bond motifs is 1. The van der Waals surface area contributed by atoms with Crippen LogP contribution in [0.4, 0.5) is 18.9 Å². The monoisotopic (exact) mass is 425 g/mol. The number of benzene rings is 2. The van der Waals surface area contributed by atoms with Crippen LogP contribution in [0.3, 0.4) is 0 Å². The van der Waals surface area contributed by atoms with Gasteiger partial charge in [-0.2, -0.15) is 13.2 Å². The molecule has 3 aromatic rings. The van der Waals surface area contributed by atoms with Crippen LogP contribution in [-0.4, -0.2) is 21.1 Å². The first-order valence-corrected chi connectivity index (χ1v) is 9.48. The number of nitrogens with one attached hydrogen (secondary N) is 1. The molecule has 1 heterocycles. The molecular weight excluding hydrogens is 411 g/mol. The molecule has 0 fully saturated rings. The van der Waals surface area contributed by atoms with Gasteiger partial charge in [0, 0.05) is 10.4 Å². The van der Waals surface area contributed by atoms with E-state index in [9.17, 15) is 18.0 Å². The second-order valence-electron chi connectivity index (χ2n) is 6.03. The van der Waals surface area contributed by atoms with Gasteiger partial charge in [-0.1, -0.05) is 41.6 Å². The minimum absolute atomic E-state index is 0.0596. The number of nitrogens with zero attached hydrogens (tertiary/aromatic N) is 2. The van der Waals surface area contributed by atoms with E-state index in [4.69, 9.17) is 11.6 Å². The van der Waals surface area contributed by atoms with E-state index in [2.05, 4.69) is 15.3 Å². The van der Waals surface area contributed by atoms with E-state index in [1.807, 2.05) is 24.3 Å². The van der Waals surface area contributed by atoms with Crippen LogP contribution in [0.15, 0.2) is 47.5 Å². The number of alkyl halides is 3. The lowest BCUT2D eigenvalue weighted by Gasteiger charge is -2.17. The first-order chi connectivity index (χ1) is 13.1. The minimum atomic E-state index is -4.64. The van der Waals surface area contributed by atoms with E-state index < -0.39 is 22.9 Å². The summed E-state index contributed by atoms with van der Waals surface area (Å²) in [6.07, 6.45) is -4.64. The fourth-order valence-electron chi connectivity index (χ4n) is 2.56. The van der Waals surface area contributed by atoms with Gasteiger partial charge in [-0.05, 0) is 38.1 Å². The summed E-state index contributed by atoms with van der Waals surface area (Å²) in [6.45, 7) is 3.35. The highest BCUT2D eigenvalue weighted by molar-refractivity contribution is 8.00. The Morgan fingerprint density at radius 1 is 1.18 bits per heavy atom. The maximum absolute atomic E-state index is 13.2. The van der Waals surface area contributed by atoms with Crippen molar-refractivity contribution in [3.8, 4) is 0 Å². The lowest BCUT2D eigenvalue weighted by molar-refractivity contribution is -0.137. The maximum atomic E-state index is 13.2. The molecule has 0 saturated carbocycles. The highest BCUT2D eigenvalue weighted by Gasteiger charge is 2.34. The van der Waals surface area contributed by atoms with Crippen LogP contribution in [-0.2, 0) is 11.0 Å². The van der Waals surface area contributed by atoms with Gasteiger partial charge in [0.25, 0.3) is 0 Å². The molecule has 1 atom stereocenters. The van der Waals surface area contributed by atoms with E-state index in [1.54, 1.807) is 13.8 Å². The average molecular weight is 426 g/mol. The summed E-state index contributed by atoms with van der Waals surface area (Å²) in [5.74, 6) is -0.0240. The number of halogens is 4. The van der Waals surface area contributed by atoms with Crippen LogP contribution in [0.2, 0.25) is 5.02 Å². The van der Waals surface area contributed by atoms with E-state index >= 15 is 0 Å². The lowest BCUT2D eigenvalue weighted by atomic mass is 10.1. The Morgan fingerprint density at radius 2 is 1.89 bits per heavy atom. The van der Waals surface area contributed by atoms with Gasteiger partial charge in [0.05, 0.1) is 22.0 Å².